The number of aliphatic imine (C=N–C) groups is 1. The molecule has 0 bridgehead atoms. The molecule has 0 aliphatic carbocycles. The van der Waals surface area contributed by atoms with Gasteiger partial charge in [0.05, 0.1) is 12.2 Å². The zero-order valence-electron chi connectivity index (χ0n) is 10.0. The van der Waals surface area contributed by atoms with Gasteiger partial charge in [-0.15, -0.1) is 24.0 Å². The highest BCUT2D eigenvalue weighted by Crippen LogP contribution is 2.09. The third-order valence-corrected chi connectivity index (χ3v) is 2.24. The van der Waals surface area contributed by atoms with E-state index >= 15 is 0 Å². The number of aromatic nitrogens is 2. The van der Waals surface area contributed by atoms with Gasteiger partial charge < -0.3 is 11.1 Å². The minimum atomic E-state index is 0. The summed E-state index contributed by atoms with van der Waals surface area (Å²) in [5.41, 5.74) is 8.85. The van der Waals surface area contributed by atoms with E-state index in [-0.39, 0.29) is 24.0 Å². The number of hydrogen-bond acceptors (Lipinski definition) is 2. The molecule has 0 amide bonds. The molecular weight excluding hydrogens is 317 g/mol. The van der Waals surface area contributed by atoms with Gasteiger partial charge in [-0.25, -0.2) is 4.99 Å². The van der Waals surface area contributed by atoms with Crippen molar-refractivity contribution in [2.75, 3.05) is 6.54 Å². The molecule has 0 saturated heterocycles. The van der Waals surface area contributed by atoms with Gasteiger partial charge in [0.2, 0.25) is 0 Å². The van der Waals surface area contributed by atoms with Crippen LogP contribution < -0.4 is 11.1 Å². The van der Waals surface area contributed by atoms with Gasteiger partial charge >= 0.3 is 0 Å². The smallest absolute Gasteiger partial charge is 0.188 e. The monoisotopic (exact) mass is 337 g/mol. The third-order valence-electron chi connectivity index (χ3n) is 2.24. The zero-order valence-corrected chi connectivity index (χ0v) is 12.3. The first-order chi connectivity index (χ1) is 7.15. The number of guanidine groups is 1. The average Bonchev–Trinajstić information content (AvgIpc) is 2.53. The lowest BCUT2D eigenvalue weighted by atomic mass is 10.2. The Morgan fingerprint density at radius 2 is 2.19 bits per heavy atom. The maximum absolute atomic E-state index is 5.68. The lowest BCUT2D eigenvalue weighted by Crippen LogP contribution is -2.32. The maximum atomic E-state index is 5.68. The number of nitrogens with zero attached hydrogens (tertiary/aromatic N) is 2. The summed E-state index contributed by atoms with van der Waals surface area (Å²) in [6, 6.07) is 0. The minimum Gasteiger partial charge on any atom is -0.370 e. The molecule has 0 spiro atoms. The van der Waals surface area contributed by atoms with Crippen molar-refractivity contribution < 1.29 is 0 Å². The van der Waals surface area contributed by atoms with Crippen LogP contribution in [0.25, 0.3) is 0 Å². The molecule has 1 aromatic rings. The zero-order chi connectivity index (χ0) is 11.3. The number of H-pyrrole nitrogens is 1. The second-order valence-corrected chi connectivity index (χ2v) is 3.54. The molecule has 0 aromatic carbocycles. The van der Waals surface area contributed by atoms with Gasteiger partial charge in [-0.3, -0.25) is 5.10 Å². The first kappa shape index (κ1) is 15.2. The lowest BCUT2D eigenvalue weighted by molar-refractivity contribution is 0.824. The number of aromatic amines is 1. The van der Waals surface area contributed by atoms with E-state index in [1.54, 1.807) is 0 Å². The van der Waals surface area contributed by atoms with Gasteiger partial charge in [-0.1, -0.05) is 6.92 Å². The molecule has 92 valence electrons. The van der Waals surface area contributed by atoms with Gasteiger partial charge in [0.1, 0.15) is 0 Å². The standard InChI is InChI=1S/C10H19N5.HI/c1-4-5-12-10(11)13-6-9-7(2)14-15-8(9)3;/h4-6H2,1-3H3,(H,14,15)(H3,11,12,13);1H. The summed E-state index contributed by atoms with van der Waals surface area (Å²) in [5.74, 6) is 0.497. The van der Waals surface area contributed by atoms with Gasteiger partial charge in [-0.05, 0) is 20.3 Å². The molecule has 4 N–H and O–H groups in total. The molecule has 5 nitrogen and oxygen atoms in total. The van der Waals surface area contributed by atoms with E-state index < -0.39 is 0 Å². The van der Waals surface area contributed by atoms with Crippen LogP contribution in [0.15, 0.2) is 4.99 Å². The number of nitrogens with two attached hydrogens (primary N) is 1. The highest BCUT2D eigenvalue weighted by molar-refractivity contribution is 14.0. The topological polar surface area (TPSA) is 79.1 Å². The molecule has 0 aliphatic rings. The van der Waals surface area contributed by atoms with Crippen molar-refractivity contribution in [1.82, 2.24) is 15.5 Å². The van der Waals surface area contributed by atoms with Crippen molar-refractivity contribution in [3.8, 4) is 0 Å². The van der Waals surface area contributed by atoms with Crippen molar-refractivity contribution in [2.45, 2.75) is 33.7 Å². The van der Waals surface area contributed by atoms with E-state index in [1.165, 1.54) is 0 Å². The second kappa shape index (κ2) is 7.48. The van der Waals surface area contributed by atoms with Crippen molar-refractivity contribution in [3.63, 3.8) is 0 Å². The van der Waals surface area contributed by atoms with Crippen LogP contribution in [0.4, 0.5) is 0 Å². The van der Waals surface area contributed by atoms with Crippen LogP contribution in [0.5, 0.6) is 0 Å². The van der Waals surface area contributed by atoms with Crippen LogP contribution in [-0.2, 0) is 6.54 Å². The predicted octanol–water partition coefficient (Wildman–Crippen LogP) is 1.46. The fraction of sp³-hybridized carbons (Fsp3) is 0.600. The van der Waals surface area contributed by atoms with Crippen molar-refractivity contribution in [1.29, 1.82) is 0 Å². The van der Waals surface area contributed by atoms with Gasteiger partial charge in [0.25, 0.3) is 0 Å². The Balaban J connectivity index is 0.00000225. The summed E-state index contributed by atoms with van der Waals surface area (Å²) in [5, 5.41) is 10.1. The molecule has 1 rings (SSSR count). The average molecular weight is 337 g/mol. The fourth-order valence-corrected chi connectivity index (χ4v) is 1.28. The largest absolute Gasteiger partial charge is 0.370 e. The Morgan fingerprint density at radius 1 is 1.50 bits per heavy atom. The molecule has 1 heterocycles. The Bertz CT molecular complexity index is 325. The summed E-state index contributed by atoms with van der Waals surface area (Å²) < 4.78 is 0. The Hall–Kier alpha value is -0.790. The Kier molecular flexibility index (Phi) is 7.11. The van der Waals surface area contributed by atoms with E-state index in [4.69, 9.17) is 5.73 Å². The quantitative estimate of drug-likeness (QED) is 0.442. The van der Waals surface area contributed by atoms with Crippen LogP contribution >= 0.6 is 24.0 Å². The fourth-order valence-electron chi connectivity index (χ4n) is 1.28. The number of aryl methyl sites for hydroxylation is 2. The van der Waals surface area contributed by atoms with Gasteiger partial charge in [0, 0.05) is 17.8 Å². The SMILES string of the molecule is CCCNC(N)=NCc1c(C)n[nH]c1C.I. The number of hydrogen-bond donors (Lipinski definition) is 3. The normalized spacial score (nSPS) is 11.1. The Morgan fingerprint density at radius 3 is 2.69 bits per heavy atom. The molecule has 0 radical (unpaired) electrons. The molecule has 0 aliphatic heterocycles. The van der Waals surface area contributed by atoms with E-state index in [0.717, 1.165) is 29.9 Å². The molecule has 0 atom stereocenters. The summed E-state index contributed by atoms with van der Waals surface area (Å²) in [6.07, 6.45) is 1.04. The van der Waals surface area contributed by atoms with Gasteiger partial charge in [0.15, 0.2) is 5.96 Å². The third kappa shape index (κ3) is 4.38. The van der Waals surface area contributed by atoms with Crippen LogP contribution in [0.2, 0.25) is 0 Å². The summed E-state index contributed by atoms with van der Waals surface area (Å²) >= 11 is 0. The highest BCUT2D eigenvalue weighted by Gasteiger charge is 2.04. The predicted molar refractivity (Wildman–Crippen MR) is 77.1 cm³/mol. The van der Waals surface area contributed by atoms with Crippen LogP contribution in [-0.4, -0.2) is 22.7 Å². The molecular formula is C10H20IN5. The molecule has 6 heteroatoms. The van der Waals surface area contributed by atoms with Crippen LogP contribution in [0.1, 0.15) is 30.3 Å². The first-order valence-corrected chi connectivity index (χ1v) is 5.19. The summed E-state index contributed by atoms with van der Waals surface area (Å²) in [4.78, 5) is 4.25. The Labute approximate surface area is 113 Å². The number of nitrogens with one attached hydrogen (secondary N) is 2. The number of halogens is 1. The molecule has 1 aromatic heterocycles. The maximum Gasteiger partial charge on any atom is 0.188 e. The molecule has 0 fully saturated rings. The van der Waals surface area contributed by atoms with Crippen molar-refractivity contribution in [2.24, 2.45) is 10.7 Å². The van der Waals surface area contributed by atoms with E-state index in [2.05, 4.69) is 27.4 Å². The van der Waals surface area contributed by atoms with Crippen molar-refractivity contribution in [3.05, 3.63) is 17.0 Å². The van der Waals surface area contributed by atoms with E-state index in [9.17, 15) is 0 Å². The van der Waals surface area contributed by atoms with E-state index in [1.807, 2.05) is 13.8 Å². The highest BCUT2D eigenvalue weighted by atomic mass is 127. The molecule has 16 heavy (non-hydrogen) atoms. The second-order valence-electron chi connectivity index (χ2n) is 3.54. The number of rotatable bonds is 4. The minimum absolute atomic E-state index is 0. The molecule has 0 unspecified atom stereocenters. The molecule has 0 saturated carbocycles. The van der Waals surface area contributed by atoms with Gasteiger partial charge in [-0.2, -0.15) is 5.10 Å². The summed E-state index contributed by atoms with van der Waals surface area (Å²) in [7, 11) is 0. The van der Waals surface area contributed by atoms with E-state index in [0.29, 0.717) is 12.5 Å². The summed E-state index contributed by atoms with van der Waals surface area (Å²) in [6.45, 7) is 7.48. The lowest BCUT2D eigenvalue weighted by Gasteiger charge is -2.03. The first-order valence-electron chi connectivity index (χ1n) is 5.19. The van der Waals surface area contributed by atoms with Crippen LogP contribution in [0.3, 0.4) is 0 Å². The van der Waals surface area contributed by atoms with Crippen LogP contribution in [0, 0.1) is 13.8 Å². The van der Waals surface area contributed by atoms with Crippen molar-refractivity contribution >= 4 is 29.9 Å².